The number of aromatic nitrogens is 5. The van der Waals surface area contributed by atoms with Crippen molar-refractivity contribution in [3.05, 3.63) is 95.3 Å². The zero-order valence-electron chi connectivity index (χ0n) is 27.9. The first-order valence-corrected chi connectivity index (χ1v) is 16.8. The van der Waals surface area contributed by atoms with Crippen LogP contribution >= 0.6 is 0 Å². The van der Waals surface area contributed by atoms with Crippen LogP contribution in [-0.4, -0.2) is 43.0 Å². The van der Waals surface area contributed by atoms with E-state index in [1.807, 2.05) is 69.9 Å². The maximum absolute atomic E-state index is 13.5. The van der Waals surface area contributed by atoms with Crippen LogP contribution in [0.4, 0.5) is 16.6 Å². The Bertz CT molecular complexity index is 1890. The molecule has 0 unspecified atom stereocenters. The first-order valence-electron chi connectivity index (χ1n) is 16.8. The van der Waals surface area contributed by atoms with Gasteiger partial charge in [0.1, 0.15) is 17.7 Å². The van der Waals surface area contributed by atoms with Crippen LogP contribution in [0.3, 0.4) is 0 Å². The van der Waals surface area contributed by atoms with Crippen molar-refractivity contribution in [1.29, 1.82) is 0 Å². The molecule has 2 aliphatic rings. The number of nitrogens with one attached hydrogen (secondary N) is 2. The van der Waals surface area contributed by atoms with E-state index in [2.05, 4.69) is 72.5 Å². The zero-order valence-corrected chi connectivity index (χ0v) is 27.9. The Morgan fingerprint density at radius 3 is 2.49 bits per heavy atom. The van der Waals surface area contributed by atoms with Gasteiger partial charge in [0, 0.05) is 24.1 Å². The highest BCUT2D eigenvalue weighted by Crippen LogP contribution is 2.39. The lowest BCUT2D eigenvalue weighted by molar-refractivity contribution is 0.171. The fourth-order valence-corrected chi connectivity index (χ4v) is 6.74. The second kappa shape index (κ2) is 12.4. The van der Waals surface area contributed by atoms with Crippen molar-refractivity contribution < 1.29 is 9.53 Å². The van der Waals surface area contributed by atoms with Gasteiger partial charge < -0.3 is 15.0 Å². The average Bonchev–Trinajstić information content (AvgIpc) is 3.67. The van der Waals surface area contributed by atoms with Crippen LogP contribution in [0.2, 0.25) is 0 Å². The molecule has 0 radical (unpaired) electrons. The minimum Gasteiger partial charge on any atom is -0.484 e. The summed E-state index contributed by atoms with van der Waals surface area (Å²) in [6, 6.07) is 22.3. The molecule has 4 heterocycles. The van der Waals surface area contributed by atoms with E-state index in [0.29, 0.717) is 11.9 Å². The highest BCUT2D eigenvalue weighted by Gasteiger charge is 2.30. The predicted molar refractivity (Wildman–Crippen MR) is 185 cm³/mol. The smallest absolute Gasteiger partial charge is 0.320 e. The van der Waals surface area contributed by atoms with E-state index in [1.165, 1.54) is 12.0 Å². The average molecular weight is 633 g/mol. The SMILES string of the molecule is Cc1ccc(-n2nc(C(C)(C)C)cc2NC(=O)N[C@H]2CC[C@@H](Oc3ccc4nnc(N5CCCC[C@@H]5C)n4c3)c3ccccc32)cc1. The predicted octanol–water partition coefficient (Wildman–Crippen LogP) is 7.68. The minimum atomic E-state index is -0.268. The number of carbonyl (C=O) groups excluding carboxylic acids is 1. The van der Waals surface area contributed by atoms with Gasteiger partial charge in [-0.2, -0.15) is 5.10 Å². The molecule has 244 valence electrons. The summed E-state index contributed by atoms with van der Waals surface area (Å²) in [7, 11) is 0. The molecule has 2 amide bonds. The van der Waals surface area contributed by atoms with Crippen molar-refractivity contribution in [2.24, 2.45) is 0 Å². The van der Waals surface area contributed by atoms with Crippen LogP contribution in [0.1, 0.15) is 94.3 Å². The van der Waals surface area contributed by atoms with Crippen molar-refractivity contribution in [3.63, 3.8) is 0 Å². The van der Waals surface area contributed by atoms with Gasteiger partial charge in [0.2, 0.25) is 5.95 Å². The van der Waals surface area contributed by atoms with E-state index in [1.54, 1.807) is 0 Å². The summed E-state index contributed by atoms with van der Waals surface area (Å²) in [6.07, 6.45) is 6.93. The fourth-order valence-electron chi connectivity index (χ4n) is 6.74. The molecule has 10 nitrogen and oxygen atoms in total. The number of benzene rings is 2. The molecule has 1 saturated heterocycles. The molecule has 1 aliphatic heterocycles. The third kappa shape index (κ3) is 6.28. The molecule has 2 N–H and O–H groups in total. The van der Waals surface area contributed by atoms with Crippen LogP contribution in [0.15, 0.2) is 72.9 Å². The molecule has 1 aliphatic carbocycles. The van der Waals surface area contributed by atoms with Crippen molar-refractivity contribution in [2.75, 3.05) is 16.8 Å². The number of pyridine rings is 1. The van der Waals surface area contributed by atoms with Gasteiger partial charge in [-0.3, -0.25) is 9.72 Å². The summed E-state index contributed by atoms with van der Waals surface area (Å²) in [5, 5.41) is 20.2. The minimum absolute atomic E-state index is 0.143. The Hall–Kier alpha value is -4.86. The Balaban J connectivity index is 1.09. The normalized spacial score (nSPS) is 19.8. The number of aryl methyl sites for hydroxylation is 1. The number of nitrogens with zero attached hydrogens (tertiary/aromatic N) is 6. The Labute approximate surface area is 276 Å². The highest BCUT2D eigenvalue weighted by molar-refractivity contribution is 5.89. The van der Waals surface area contributed by atoms with Gasteiger partial charge >= 0.3 is 6.03 Å². The fraction of sp³-hybridized carbons (Fsp3) is 0.405. The molecule has 0 bridgehead atoms. The van der Waals surface area contributed by atoms with Gasteiger partial charge in [0.25, 0.3) is 0 Å². The third-order valence-electron chi connectivity index (χ3n) is 9.43. The van der Waals surface area contributed by atoms with Crippen molar-refractivity contribution in [1.82, 2.24) is 29.7 Å². The quantitative estimate of drug-likeness (QED) is 0.199. The molecule has 10 heteroatoms. The molecular formula is C37H44N8O2. The summed E-state index contributed by atoms with van der Waals surface area (Å²) < 4.78 is 10.5. The summed E-state index contributed by atoms with van der Waals surface area (Å²) in [4.78, 5) is 15.9. The first kappa shape index (κ1) is 30.8. The molecule has 0 saturated carbocycles. The van der Waals surface area contributed by atoms with Crippen molar-refractivity contribution >= 4 is 23.4 Å². The van der Waals surface area contributed by atoms with Crippen LogP contribution in [0, 0.1) is 6.92 Å². The Morgan fingerprint density at radius 2 is 1.72 bits per heavy atom. The highest BCUT2D eigenvalue weighted by atomic mass is 16.5. The van der Waals surface area contributed by atoms with E-state index < -0.39 is 0 Å². The summed E-state index contributed by atoms with van der Waals surface area (Å²) in [5.41, 5.74) is 5.74. The number of ether oxygens (including phenoxy) is 1. The van der Waals surface area contributed by atoms with E-state index >= 15 is 0 Å². The van der Waals surface area contributed by atoms with Gasteiger partial charge in [-0.15, -0.1) is 10.2 Å². The van der Waals surface area contributed by atoms with Gasteiger partial charge in [-0.05, 0) is 81.3 Å². The standard InChI is InChI=1S/C37H44N8O2/c1-24-13-15-26(16-14-24)45-34(22-32(42-45)37(3,4)5)39-35(46)38-30-18-19-31(29-12-7-6-11-28(29)30)47-27-17-20-33-40-41-36(44(33)23-27)43-21-9-8-10-25(43)2/h6-7,11-17,20,22-23,25,30-31H,8-10,18-19,21H2,1-5H3,(H2,38,39,46)/t25-,30-,31+/m0/s1. The number of piperidine rings is 1. The molecular weight excluding hydrogens is 588 g/mol. The van der Waals surface area contributed by atoms with E-state index in [-0.39, 0.29) is 23.6 Å². The maximum atomic E-state index is 13.5. The van der Waals surface area contributed by atoms with Crippen molar-refractivity contribution in [3.8, 4) is 11.4 Å². The molecule has 47 heavy (non-hydrogen) atoms. The van der Waals surface area contributed by atoms with Crippen LogP contribution in [0.5, 0.6) is 5.75 Å². The van der Waals surface area contributed by atoms with Gasteiger partial charge in [-0.25, -0.2) is 9.48 Å². The van der Waals surface area contributed by atoms with Gasteiger partial charge in [0.15, 0.2) is 5.65 Å². The number of hydrogen-bond donors (Lipinski definition) is 2. The van der Waals surface area contributed by atoms with Crippen LogP contribution < -0.4 is 20.3 Å². The molecule has 7 rings (SSSR count). The van der Waals surface area contributed by atoms with Crippen molar-refractivity contribution in [2.45, 2.75) is 90.3 Å². The molecule has 5 aromatic rings. The topological polar surface area (TPSA) is 102 Å². The first-order chi connectivity index (χ1) is 22.6. The number of anilines is 2. The number of carbonyl (C=O) groups is 1. The monoisotopic (exact) mass is 632 g/mol. The maximum Gasteiger partial charge on any atom is 0.320 e. The molecule has 1 fully saturated rings. The third-order valence-corrected chi connectivity index (χ3v) is 9.43. The zero-order chi connectivity index (χ0) is 32.7. The largest absolute Gasteiger partial charge is 0.484 e. The molecule has 0 spiro atoms. The summed E-state index contributed by atoms with van der Waals surface area (Å²) >= 11 is 0. The van der Waals surface area contributed by atoms with Gasteiger partial charge in [-0.1, -0.05) is 62.7 Å². The lowest BCUT2D eigenvalue weighted by atomic mass is 9.85. The number of fused-ring (bicyclic) bond motifs is 2. The van der Waals surface area contributed by atoms with Crippen LogP contribution in [-0.2, 0) is 5.41 Å². The Morgan fingerprint density at radius 1 is 0.936 bits per heavy atom. The van der Waals surface area contributed by atoms with E-state index in [0.717, 1.165) is 72.1 Å². The summed E-state index contributed by atoms with van der Waals surface area (Å²) in [6.45, 7) is 11.7. The molecule has 3 atom stereocenters. The van der Waals surface area contributed by atoms with E-state index in [9.17, 15) is 4.79 Å². The second-order valence-corrected chi connectivity index (χ2v) is 14.0. The lowest BCUT2D eigenvalue weighted by Crippen LogP contribution is -2.38. The lowest BCUT2D eigenvalue weighted by Gasteiger charge is -2.33. The molecule has 3 aromatic heterocycles. The van der Waals surface area contributed by atoms with Gasteiger partial charge in [0.05, 0.1) is 23.6 Å². The van der Waals surface area contributed by atoms with E-state index in [4.69, 9.17) is 9.84 Å². The number of hydrogen-bond acceptors (Lipinski definition) is 6. The Kier molecular flexibility index (Phi) is 8.11. The van der Waals surface area contributed by atoms with Crippen LogP contribution in [0.25, 0.3) is 11.3 Å². The number of amides is 2. The number of rotatable bonds is 6. The second-order valence-electron chi connectivity index (χ2n) is 14.0. The summed E-state index contributed by atoms with van der Waals surface area (Å²) in [5.74, 6) is 2.27. The molecule has 2 aromatic carbocycles. The number of urea groups is 1.